The summed E-state index contributed by atoms with van der Waals surface area (Å²) in [5, 5.41) is 7.15. The second kappa shape index (κ2) is 8.11. The second-order valence-corrected chi connectivity index (χ2v) is 7.27. The molecule has 0 spiro atoms. The highest BCUT2D eigenvalue weighted by atomic mass is 35.5. The van der Waals surface area contributed by atoms with Gasteiger partial charge in [0, 0.05) is 30.3 Å². The molecular weight excluding hydrogens is 413 g/mol. The number of rotatable bonds is 5. The second-order valence-electron chi connectivity index (χ2n) is 6.83. The van der Waals surface area contributed by atoms with Crippen LogP contribution in [0.15, 0.2) is 53.3 Å². The topological polar surface area (TPSA) is 89.2 Å². The number of nitrogens with zero attached hydrogens (tertiary/aromatic N) is 4. The molecule has 0 aliphatic carbocycles. The third-order valence-electron chi connectivity index (χ3n) is 4.66. The van der Waals surface area contributed by atoms with E-state index >= 15 is 0 Å². The van der Waals surface area contributed by atoms with Crippen LogP contribution in [0, 0.1) is 5.82 Å². The lowest BCUT2D eigenvalue weighted by Gasteiger charge is -2.26. The number of hydrogen-bond acceptors (Lipinski definition) is 4. The zero-order valence-electron chi connectivity index (χ0n) is 15.7. The third kappa shape index (κ3) is 4.11. The van der Waals surface area contributed by atoms with Gasteiger partial charge in [-0.1, -0.05) is 29.8 Å². The van der Waals surface area contributed by atoms with Gasteiger partial charge >= 0.3 is 5.69 Å². The molecule has 0 atom stereocenters. The summed E-state index contributed by atoms with van der Waals surface area (Å²) in [5.74, 6) is -1.35. The number of anilines is 1. The van der Waals surface area contributed by atoms with Crippen LogP contribution in [0.2, 0.25) is 5.02 Å². The molecule has 2 aromatic carbocycles. The molecule has 154 valence electrons. The Hall–Kier alpha value is -3.46. The van der Waals surface area contributed by atoms with E-state index in [9.17, 15) is 18.8 Å². The number of aromatic nitrogens is 3. The van der Waals surface area contributed by atoms with Gasteiger partial charge in [-0.2, -0.15) is 0 Å². The number of nitrogens with one attached hydrogen (secondary N) is 1. The fourth-order valence-electron chi connectivity index (χ4n) is 3.28. The quantitative estimate of drug-likeness (QED) is 0.673. The van der Waals surface area contributed by atoms with Crippen LogP contribution >= 0.6 is 11.6 Å². The Kier molecular flexibility index (Phi) is 5.37. The molecule has 10 heteroatoms. The van der Waals surface area contributed by atoms with E-state index in [-0.39, 0.29) is 37.8 Å². The summed E-state index contributed by atoms with van der Waals surface area (Å²) in [5.41, 5.74) is 0.589. The van der Waals surface area contributed by atoms with Gasteiger partial charge in [-0.05, 0) is 35.9 Å². The summed E-state index contributed by atoms with van der Waals surface area (Å²) in [6.07, 6.45) is 0. The lowest BCUT2D eigenvalue weighted by atomic mass is 10.2. The Balaban J connectivity index is 1.49. The van der Waals surface area contributed by atoms with Gasteiger partial charge in [-0.25, -0.2) is 13.9 Å². The largest absolute Gasteiger partial charge is 0.346 e. The molecule has 30 heavy (non-hydrogen) atoms. The van der Waals surface area contributed by atoms with Gasteiger partial charge in [-0.15, -0.1) is 5.10 Å². The number of fused-ring (bicyclic) bond motifs is 1. The highest BCUT2D eigenvalue weighted by molar-refractivity contribution is 6.30. The molecule has 2 amide bonds. The number of carbonyl (C=O) groups excluding carboxylic acids is 2. The molecule has 1 aliphatic rings. The van der Waals surface area contributed by atoms with E-state index in [0.29, 0.717) is 16.3 Å². The van der Waals surface area contributed by atoms with Crippen molar-refractivity contribution in [2.24, 2.45) is 0 Å². The average molecular weight is 430 g/mol. The number of hydrogen-bond donors (Lipinski definition) is 1. The van der Waals surface area contributed by atoms with Crippen LogP contribution in [-0.4, -0.2) is 37.6 Å². The minimum atomic E-state index is -0.537. The Morgan fingerprint density at radius 1 is 1.13 bits per heavy atom. The molecule has 0 saturated carbocycles. The SMILES string of the molecule is O=C(Cn1nc2n(c1=O)CCN(Cc1cccc(F)c1)C2=O)Nc1cccc(Cl)c1. The number of carbonyl (C=O) groups is 2. The van der Waals surface area contributed by atoms with E-state index in [2.05, 4.69) is 10.4 Å². The number of amides is 2. The molecule has 2 heterocycles. The summed E-state index contributed by atoms with van der Waals surface area (Å²) in [4.78, 5) is 39.1. The highest BCUT2D eigenvalue weighted by Crippen LogP contribution is 2.16. The predicted octanol–water partition coefficient (Wildman–Crippen LogP) is 2.13. The van der Waals surface area contributed by atoms with Gasteiger partial charge in [0.25, 0.3) is 5.91 Å². The fraction of sp³-hybridized carbons (Fsp3) is 0.200. The lowest BCUT2D eigenvalue weighted by Crippen LogP contribution is -2.42. The zero-order valence-corrected chi connectivity index (χ0v) is 16.5. The maximum atomic E-state index is 13.4. The van der Waals surface area contributed by atoms with Crippen molar-refractivity contribution in [3.8, 4) is 0 Å². The van der Waals surface area contributed by atoms with Crippen LogP contribution in [0.25, 0.3) is 0 Å². The van der Waals surface area contributed by atoms with Crippen molar-refractivity contribution in [3.05, 3.63) is 81.2 Å². The van der Waals surface area contributed by atoms with Crippen molar-refractivity contribution in [3.63, 3.8) is 0 Å². The first-order valence-corrected chi connectivity index (χ1v) is 9.55. The molecule has 1 N–H and O–H groups in total. The number of benzene rings is 2. The van der Waals surface area contributed by atoms with E-state index < -0.39 is 17.5 Å². The third-order valence-corrected chi connectivity index (χ3v) is 4.89. The van der Waals surface area contributed by atoms with Crippen molar-refractivity contribution in [2.45, 2.75) is 19.6 Å². The first kappa shape index (κ1) is 19.8. The Bertz CT molecular complexity index is 1190. The average Bonchev–Trinajstić information content (AvgIpc) is 3.00. The molecule has 4 rings (SSSR count). The molecule has 0 saturated heterocycles. The van der Waals surface area contributed by atoms with E-state index in [1.165, 1.54) is 21.6 Å². The highest BCUT2D eigenvalue weighted by Gasteiger charge is 2.30. The molecule has 1 aliphatic heterocycles. The van der Waals surface area contributed by atoms with E-state index in [1.54, 1.807) is 36.4 Å². The van der Waals surface area contributed by atoms with Gasteiger partial charge in [0.2, 0.25) is 11.7 Å². The molecular formula is C20H17ClFN5O3. The monoisotopic (exact) mass is 429 g/mol. The van der Waals surface area contributed by atoms with Crippen LogP contribution < -0.4 is 11.0 Å². The Morgan fingerprint density at radius 3 is 2.70 bits per heavy atom. The first-order chi connectivity index (χ1) is 14.4. The predicted molar refractivity (Wildman–Crippen MR) is 108 cm³/mol. The van der Waals surface area contributed by atoms with Gasteiger partial charge in [-0.3, -0.25) is 14.2 Å². The molecule has 1 aromatic heterocycles. The van der Waals surface area contributed by atoms with Crippen molar-refractivity contribution in [1.82, 2.24) is 19.2 Å². The molecule has 0 fully saturated rings. The summed E-state index contributed by atoms with van der Waals surface area (Å²) < 4.78 is 15.6. The van der Waals surface area contributed by atoms with Crippen molar-refractivity contribution >= 4 is 29.1 Å². The van der Waals surface area contributed by atoms with E-state index in [4.69, 9.17) is 11.6 Å². The maximum absolute atomic E-state index is 13.4. The Morgan fingerprint density at radius 2 is 1.93 bits per heavy atom. The summed E-state index contributed by atoms with van der Waals surface area (Å²) in [6.45, 7) is 0.378. The summed E-state index contributed by atoms with van der Waals surface area (Å²) >= 11 is 5.89. The molecule has 8 nitrogen and oxygen atoms in total. The Labute approximate surface area is 175 Å². The standard InChI is InChI=1S/C20H17ClFN5O3/c21-14-4-2-6-16(10-14)23-17(28)12-27-20(30)26-8-7-25(19(29)18(26)24-27)11-13-3-1-5-15(22)9-13/h1-6,9-10H,7-8,11-12H2,(H,23,28). The molecule has 0 radical (unpaired) electrons. The first-order valence-electron chi connectivity index (χ1n) is 9.17. The van der Waals surface area contributed by atoms with Gasteiger partial charge < -0.3 is 10.2 Å². The normalized spacial score (nSPS) is 13.3. The summed E-state index contributed by atoms with van der Waals surface area (Å²) in [7, 11) is 0. The van der Waals surface area contributed by atoms with Crippen LogP contribution in [0.3, 0.4) is 0 Å². The van der Waals surface area contributed by atoms with Crippen LogP contribution in [0.4, 0.5) is 10.1 Å². The molecule has 3 aromatic rings. The molecule has 0 unspecified atom stereocenters. The minimum Gasteiger partial charge on any atom is -0.330 e. The zero-order chi connectivity index (χ0) is 21.3. The van der Waals surface area contributed by atoms with Crippen molar-refractivity contribution in [2.75, 3.05) is 11.9 Å². The lowest BCUT2D eigenvalue weighted by molar-refractivity contribution is -0.117. The van der Waals surface area contributed by atoms with Gasteiger partial charge in [0.05, 0.1) is 0 Å². The summed E-state index contributed by atoms with van der Waals surface area (Å²) in [6, 6.07) is 12.6. The van der Waals surface area contributed by atoms with Crippen LogP contribution in [0.5, 0.6) is 0 Å². The van der Waals surface area contributed by atoms with Crippen LogP contribution in [-0.2, 0) is 24.4 Å². The van der Waals surface area contributed by atoms with Crippen LogP contribution in [0.1, 0.15) is 16.2 Å². The van der Waals surface area contributed by atoms with Crippen molar-refractivity contribution < 1.29 is 14.0 Å². The number of halogens is 2. The fourth-order valence-corrected chi connectivity index (χ4v) is 3.47. The molecule has 0 bridgehead atoms. The van der Waals surface area contributed by atoms with Gasteiger partial charge in [0.15, 0.2) is 0 Å². The smallest absolute Gasteiger partial charge is 0.330 e. The van der Waals surface area contributed by atoms with Gasteiger partial charge in [0.1, 0.15) is 12.4 Å². The van der Waals surface area contributed by atoms with E-state index in [0.717, 1.165) is 4.68 Å². The maximum Gasteiger partial charge on any atom is 0.346 e. The van der Waals surface area contributed by atoms with Crippen molar-refractivity contribution in [1.29, 1.82) is 0 Å². The van der Waals surface area contributed by atoms with E-state index in [1.807, 2.05) is 0 Å². The minimum absolute atomic E-state index is 0.0433.